The summed E-state index contributed by atoms with van der Waals surface area (Å²) in [6, 6.07) is 6.44. The summed E-state index contributed by atoms with van der Waals surface area (Å²) in [6.07, 6.45) is 0.855. The highest BCUT2D eigenvalue weighted by atomic mass is 16.5. The molecule has 0 spiro atoms. The number of carboxylic acids is 1. The summed E-state index contributed by atoms with van der Waals surface area (Å²) in [4.78, 5) is 22.4. The van der Waals surface area contributed by atoms with Crippen molar-refractivity contribution in [1.29, 1.82) is 0 Å². The monoisotopic (exact) mass is 263 g/mol. The number of hydrogen-bond donors (Lipinski definition) is 2. The molecule has 1 amide bonds. The maximum Gasteiger partial charge on any atom is 0.408 e. The molecule has 0 aliphatic heterocycles. The molecule has 0 radical (unpaired) electrons. The minimum atomic E-state index is -1.10. The van der Waals surface area contributed by atoms with Crippen LogP contribution < -0.4 is 5.32 Å². The number of carboxylic acid groups (broad SMARTS) is 1. The van der Waals surface area contributed by atoms with Crippen molar-refractivity contribution in [2.24, 2.45) is 0 Å². The van der Waals surface area contributed by atoms with Gasteiger partial charge in [0.2, 0.25) is 0 Å². The quantitative estimate of drug-likeness (QED) is 0.769. The van der Waals surface area contributed by atoms with Gasteiger partial charge in [0.25, 0.3) is 0 Å². The summed E-state index contributed by atoms with van der Waals surface area (Å²) < 4.78 is 4.70. The molecule has 0 saturated heterocycles. The number of aryl methyl sites for hydroxylation is 1. The summed E-state index contributed by atoms with van der Waals surface area (Å²) in [6.45, 7) is 5.39. The minimum Gasteiger partial charge on any atom is -0.480 e. The van der Waals surface area contributed by atoms with E-state index in [1.54, 1.807) is 0 Å². The van der Waals surface area contributed by atoms with Gasteiger partial charge in [-0.05, 0) is 12.5 Å². The zero-order valence-electron chi connectivity index (χ0n) is 10.8. The van der Waals surface area contributed by atoms with E-state index in [2.05, 4.69) is 11.9 Å². The third kappa shape index (κ3) is 5.25. The largest absolute Gasteiger partial charge is 0.480 e. The molecule has 0 heterocycles. The second kappa shape index (κ2) is 7.20. The highest BCUT2D eigenvalue weighted by molar-refractivity contribution is 5.80. The maximum atomic E-state index is 11.3. The molecule has 1 atom stereocenters. The van der Waals surface area contributed by atoms with Crippen LogP contribution in [0.1, 0.15) is 11.1 Å². The first-order chi connectivity index (χ1) is 9.02. The van der Waals surface area contributed by atoms with Crippen LogP contribution >= 0.6 is 0 Å². The fraction of sp³-hybridized carbons (Fsp3) is 0.286. The van der Waals surface area contributed by atoms with Gasteiger partial charge in [-0.1, -0.05) is 42.5 Å². The number of amides is 1. The second-order valence-corrected chi connectivity index (χ2v) is 4.11. The van der Waals surface area contributed by atoms with Crippen molar-refractivity contribution in [2.75, 3.05) is 6.61 Å². The summed E-state index contributed by atoms with van der Waals surface area (Å²) in [7, 11) is 0. The molecule has 0 saturated carbocycles. The zero-order chi connectivity index (χ0) is 14.3. The van der Waals surface area contributed by atoms with Crippen molar-refractivity contribution in [3.8, 4) is 0 Å². The topological polar surface area (TPSA) is 75.6 Å². The third-order valence-electron chi connectivity index (χ3n) is 2.48. The molecule has 5 heteroatoms. The molecule has 0 aliphatic carbocycles. The average molecular weight is 263 g/mol. The number of benzene rings is 1. The Labute approximate surface area is 111 Å². The Bertz CT molecular complexity index is 453. The van der Waals surface area contributed by atoms with E-state index in [-0.39, 0.29) is 13.0 Å². The molecule has 0 bridgehead atoms. The molecule has 0 fully saturated rings. The van der Waals surface area contributed by atoms with Crippen LogP contribution in [0.4, 0.5) is 4.79 Å². The van der Waals surface area contributed by atoms with Gasteiger partial charge in [-0.15, -0.1) is 0 Å². The summed E-state index contributed by atoms with van der Waals surface area (Å²) in [5.74, 6) is -1.10. The van der Waals surface area contributed by atoms with Gasteiger partial charge < -0.3 is 15.2 Å². The van der Waals surface area contributed by atoms with Crippen LogP contribution in [0.3, 0.4) is 0 Å². The molecule has 0 unspecified atom stereocenters. The summed E-state index contributed by atoms with van der Waals surface area (Å²) >= 11 is 0. The van der Waals surface area contributed by atoms with Crippen LogP contribution in [0.25, 0.3) is 0 Å². The number of alkyl carbamates (subject to hydrolysis) is 1. The third-order valence-corrected chi connectivity index (χ3v) is 2.48. The van der Waals surface area contributed by atoms with Crippen LogP contribution in [0.2, 0.25) is 0 Å². The number of nitrogens with one attached hydrogen (secondary N) is 1. The lowest BCUT2D eigenvalue weighted by Gasteiger charge is -2.14. The van der Waals surface area contributed by atoms with Gasteiger partial charge >= 0.3 is 12.1 Å². The van der Waals surface area contributed by atoms with E-state index in [4.69, 9.17) is 9.84 Å². The van der Waals surface area contributed by atoms with Crippen molar-refractivity contribution >= 4 is 12.1 Å². The second-order valence-electron chi connectivity index (χ2n) is 4.11. The predicted octanol–water partition coefficient (Wildman–Crippen LogP) is 1.90. The number of carbonyl (C=O) groups is 2. The number of ether oxygens (including phenoxy) is 1. The van der Waals surface area contributed by atoms with Crippen molar-refractivity contribution in [2.45, 2.75) is 19.4 Å². The van der Waals surface area contributed by atoms with E-state index >= 15 is 0 Å². The van der Waals surface area contributed by atoms with E-state index in [9.17, 15) is 9.59 Å². The fourth-order valence-electron chi connectivity index (χ4n) is 1.48. The lowest BCUT2D eigenvalue weighted by atomic mass is 10.0. The van der Waals surface area contributed by atoms with Crippen LogP contribution in [-0.4, -0.2) is 29.8 Å². The van der Waals surface area contributed by atoms with E-state index in [0.29, 0.717) is 0 Å². The highest BCUT2D eigenvalue weighted by Crippen LogP contribution is 2.06. The lowest BCUT2D eigenvalue weighted by Crippen LogP contribution is -2.42. The Morgan fingerprint density at radius 1 is 1.42 bits per heavy atom. The Morgan fingerprint density at radius 3 is 2.58 bits per heavy atom. The number of rotatable bonds is 6. The smallest absolute Gasteiger partial charge is 0.408 e. The lowest BCUT2D eigenvalue weighted by molar-refractivity contribution is -0.139. The van der Waals surface area contributed by atoms with Crippen LogP contribution in [0.5, 0.6) is 0 Å². The van der Waals surface area contributed by atoms with E-state index in [1.807, 2.05) is 31.2 Å². The molecular formula is C14H17NO4. The standard InChI is InChI=1S/C14H17NO4/c1-3-8-19-14(18)15-12(13(16)17)9-11-6-4-10(2)5-7-11/h3-7,12H,1,8-9H2,2H3,(H,15,18)(H,16,17)/t12-/m0/s1. The van der Waals surface area contributed by atoms with E-state index in [0.717, 1.165) is 11.1 Å². The molecule has 0 aliphatic rings. The Hall–Kier alpha value is -2.30. The molecule has 19 heavy (non-hydrogen) atoms. The van der Waals surface area contributed by atoms with Gasteiger partial charge in [0.15, 0.2) is 0 Å². The molecule has 1 rings (SSSR count). The average Bonchev–Trinajstić information content (AvgIpc) is 2.38. The first-order valence-electron chi connectivity index (χ1n) is 5.85. The molecule has 102 valence electrons. The SMILES string of the molecule is C=CCOC(=O)N[C@@H](Cc1ccc(C)cc1)C(=O)O. The molecule has 2 N–H and O–H groups in total. The highest BCUT2D eigenvalue weighted by Gasteiger charge is 2.20. The first-order valence-corrected chi connectivity index (χ1v) is 5.85. The maximum absolute atomic E-state index is 11.3. The van der Waals surface area contributed by atoms with E-state index in [1.165, 1.54) is 6.08 Å². The van der Waals surface area contributed by atoms with Gasteiger partial charge in [-0.25, -0.2) is 9.59 Å². The van der Waals surface area contributed by atoms with Crippen molar-refractivity contribution in [3.63, 3.8) is 0 Å². The number of carbonyl (C=O) groups excluding carboxylic acids is 1. The van der Waals surface area contributed by atoms with E-state index < -0.39 is 18.1 Å². The van der Waals surface area contributed by atoms with Crippen LogP contribution in [0.15, 0.2) is 36.9 Å². The number of hydrogen-bond acceptors (Lipinski definition) is 3. The molecule has 5 nitrogen and oxygen atoms in total. The first kappa shape index (κ1) is 14.8. The Kier molecular flexibility index (Phi) is 5.60. The van der Waals surface area contributed by atoms with Gasteiger partial charge in [-0.2, -0.15) is 0 Å². The van der Waals surface area contributed by atoms with Gasteiger partial charge in [-0.3, -0.25) is 0 Å². The van der Waals surface area contributed by atoms with Gasteiger partial charge in [0.1, 0.15) is 12.6 Å². The molecular weight excluding hydrogens is 246 g/mol. The fourth-order valence-corrected chi connectivity index (χ4v) is 1.48. The van der Waals surface area contributed by atoms with Crippen molar-refractivity contribution in [3.05, 3.63) is 48.0 Å². The van der Waals surface area contributed by atoms with Crippen molar-refractivity contribution < 1.29 is 19.4 Å². The van der Waals surface area contributed by atoms with Gasteiger partial charge in [0.05, 0.1) is 0 Å². The normalized spacial score (nSPS) is 11.4. The molecule has 1 aromatic rings. The van der Waals surface area contributed by atoms with Crippen molar-refractivity contribution in [1.82, 2.24) is 5.32 Å². The molecule has 1 aromatic carbocycles. The van der Waals surface area contributed by atoms with Gasteiger partial charge in [0, 0.05) is 6.42 Å². The summed E-state index contributed by atoms with van der Waals surface area (Å²) in [5, 5.41) is 11.4. The Morgan fingerprint density at radius 2 is 2.05 bits per heavy atom. The Balaban J connectivity index is 2.62. The van der Waals surface area contributed by atoms with Crippen LogP contribution in [-0.2, 0) is 16.0 Å². The predicted molar refractivity (Wildman–Crippen MR) is 71.0 cm³/mol. The minimum absolute atomic E-state index is 0.0443. The molecule has 0 aromatic heterocycles. The summed E-state index contributed by atoms with van der Waals surface area (Å²) in [5.41, 5.74) is 1.93. The van der Waals surface area contributed by atoms with Crippen LogP contribution in [0, 0.1) is 6.92 Å². The zero-order valence-corrected chi connectivity index (χ0v) is 10.8. The number of aliphatic carboxylic acids is 1.